The quantitative estimate of drug-likeness (QED) is 0.656. The summed E-state index contributed by atoms with van der Waals surface area (Å²) in [5.74, 6) is 0.866. The number of nitrogens with one attached hydrogen (secondary N) is 2. The van der Waals surface area contributed by atoms with Crippen LogP contribution in [0.15, 0.2) is 53.3 Å². The molecule has 0 spiro atoms. The molecule has 28 heavy (non-hydrogen) atoms. The second kappa shape index (κ2) is 8.69. The second-order valence-electron chi connectivity index (χ2n) is 7.32. The SMILES string of the molecule is Cc1ccccc1NC(=O)Cn1c(=O)nc(NCCC(C)C)c2ccccc21. The van der Waals surface area contributed by atoms with Crippen LogP contribution in [0.4, 0.5) is 11.5 Å². The Bertz CT molecular complexity index is 1040. The third-order valence-electron chi connectivity index (χ3n) is 4.62. The molecule has 0 fully saturated rings. The summed E-state index contributed by atoms with van der Waals surface area (Å²) in [6.07, 6.45) is 0.984. The van der Waals surface area contributed by atoms with Gasteiger partial charge in [-0.05, 0) is 43.0 Å². The van der Waals surface area contributed by atoms with Crippen LogP contribution in [-0.2, 0) is 11.3 Å². The van der Waals surface area contributed by atoms with Gasteiger partial charge in [-0.2, -0.15) is 4.98 Å². The first kappa shape index (κ1) is 19.6. The Kier molecular flexibility index (Phi) is 6.09. The average molecular weight is 378 g/mol. The molecule has 0 aliphatic heterocycles. The predicted octanol–water partition coefficient (Wildman–Crippen LogP) is 3.80. The van der Waals surface area contributed by atoms with Gasteiger partial charge in [0.25, 0.3) is 0 Å². The van der Waals surface area contributed by atoms with Gasteiger partial charge in [0.15, 0.2) is 0 Å². The monoisotopic (exact) mass is 378 g/mol. The number of aryl methyl sites for hydroxylation is 1. The second-order valence-corrected chi connectivity index (χ2v) is 7.32. The molecule has 0 saturated carbocycles. The molecule has 3 aromatic rings. The molecule has 0 saturated heterocycles. The number of carbonyl (C=O) groups excluding carboxylic acids is 1. The van der Waals surface area contributed by atoms with E-state index in [-0.39, 0.29) is 12.5 Å². The number of hydrogen-bond donors (Lipinski definition) is 2. The maximum Gasteiger partial charge on any atom is 0.350 e. The molecule has 3 rings (SSSR count). The van der Waals surface area contributed by atoms with E-state index in [0.717, 1.165) is 29.6 Å². The van der Waals surface area contributed by atoms with Crippen molar-refractivity contribution in [1.29, 1.82) is 0 Å². The van der Waals surface area contributed by atoms with Gasteiger partial charge >= 0.3 is 5.69 Å². The number of aromatic nitrogens is 2. The Morgan fingerprint density at radius 1 is 1.11 bits per heavy atom. The summed E-state index contributed by atoms with van der Waals surface area (Å²) in [6.45, 7) is 6.88. The van der Waals surface area contributed by atoms with E-state index in [4.69, 9.17) is 0 Å². The van der Waals surface area contributed by atoms with Crippen molar-refractivity contribution in [3.8, 4) is 0 Å². The van der Waals surface area contributed by atoms with E-state index in [9.17, 15) is 9.59 Å². The van der Waals surface area contributed by atoms with Crippen LogP contribution in [0.3, 0.4) is 0 Å². The normalized spacial score (nSPS) is 11.0. The summed E-state index contributed by atoms with van der Waals surface area (Å²) in [6, 6.07) is 15.1. The summed E-state index contributed by atoms with van der Waals surface area (Å²) in [7, 11) is 0. The maximum absolute atomic E-state index is 12.6. The Balaban J connectivity index is 1.87. The smallest absolute Gasteiger partial charge is 0.350 e. The lowest BCUT2D eigenvalue weighted by Gasteiger charge is -2.14. The molecule has 2 aromatic carbocycles. The van der Waals surface area contributed by atoms with Crippen molar-refractivity contribution in [3.05, 3.63) is 64.6 Å². The van der Waals surface area contributed by atoms with Gasteiger partial charge in [0.05, 0.1) is 5.52 Å². The molecule has 1 aromatic heterocycles. The zero-order valence-corrected chi connectivity index (χ0v) is 16.5. The van der Waals surface area contributed by atoms with Crippen LogP contribution in [0.25, 0.3) is 10.9 Å². The summed E-state index contributed by atoms with van der Waals surface area (Å²) < 4.78 is 1.41. The number of fused-ring (bicyclic) bond motifs is 1. The zero-order valence-electron chi connectivity index (χ0n) is 16.5. The van der Waals surface area contributed by atoms with Crippen LogP contribution in [0.5, 0.6) is 0 Å². The summed E-state index contributed by atoms with van der Waals surface area (Å²) in [5, 5.41) is 6.96. The van der Waals surface area contributed by atoms with E-state index >= 15 is 0 Å². The van der Waals surface area contributed by atoms with Gasteiger partial charge in [-0.15, -0.1) is 0 Å². The highest BCUT2D eigenvalue weighted by Crippen LogP contribution is 2.20. The Morgan fingerprint density at radius 2 is 1.82 bits per heavy atom. The van der Waals surface area contributed by atoms with Crippen LogP contribution in [0.1, 0.15) is 25.8 Å². The fourth-order valence-electron chi connectivity index (χ4n) is 3.04. The molecular weight excluding hydrogens is 352 g/mol. The lowest BCUT2D eigenvalue weighted by Crippen LogP contribution is -2.30. The fourth-order valence-corrected chi connectivity index (χ4v) is 3.04. The first-order valence-corrected chi connectivity index (χ1v) is 9.54. The highest BCUT2D eigenvalue weighted by molar-refractivity contribution is 5.94. The van der Waals surface area contributed by atoms with Crippen molar-refractivity contribution >= 4 is 28.3 Å². The minimum atomic E-state index is -0.439. The number of carbonyl (C=O) groups is 1. The zero-order chi connectivity index (χ0) is 20.1. The number of amides is 1. The van der Waals surface area contributed by atoms with E-state index in [2.05, 4.69) is 29.5 Å². The number of para-hydroxylation sites is 2. The van der Waals surface area contributed by atoms with E-state index in [1.54, 1.807) is 0 Å². The predicted molar refractivity (Wildman–Crippen MR) is 114 cm³/mol. The van der Waals surface area contributed by atoms with Crippen molar-refractivity contribution in [2.45, 2.75) is 33.7 Å². The van der Waals surface area contributed by atoms with Gasteiger partial charge in [0.1, 0.15) is 12.4 Å². The first-order valence-electron chi connectivity index (χ1n) is 9.54. The average Bonchev–Trinajstić information content (AvgIpc) is 2.66. The van der Waals surface area contributed by atoms with Crippen LogP contribution < -0.4 is 16.3 Å². The van der Waals surface area contributed by atoms with Gasteiger partial charge in [0, 0.05) is 17.6 Å². The molecule has 0 aliphatic rings. The summed E-state index contributed by atoms with van der Waals surface area (Å²) in [5.41, 5.74) is 1.96. The van der Waals surface area contributed by atoms with Crippen molar-refractivity contribution < 1.29 is 4.79 Å². The Labute approximate surface area is 164 Å². The van der Waals surface area contributed by atoms with Crippen LogP contribution in [0, 0.1) is 12.8 Å². The van der Waals surface area contributed by atoms with Crippen molar-refractivity contribution in [3.63, 3.8) is 0 Å². The molecule has 2 N–H and O–H groups in total. The minimum absolute atomic E-state index is 0.0903. The number of hydrogen-bond acceptors (Lipinski definition) is 4. The minimum Gasteiger partial charge on any atom is -0.369 e. The van der Waals surface area contributed by atoms with Crippen LogP contribution in [-0.4, -0.2) is 22.0 Å². The molecule has 0 bridgehead atoms. The molecule has 6 heteroatoms. The highest BCUT2D eigenvalue weighted by Gasteiger charge is 2.13. The molecule has 0 radical (unpaired) electrons. The molecule has 146 valence electrons. The third-order valence-corrected chi connectivity index (χ3v) is 4.62. The number of anilines is 2. The van der Waals surface area contributed by atoms with E-state index in [1.807, 2.05) is 55.5 Å². The molecule has 6 nitrogen and oxygen atoms in total. The largest absolute Gasteiger partial charge is 0.369 e. The molecular formula is C22H26N4O2. The highest BCUT2D eigenvalue weighted by atomic mass is 16.2. The lowest BCUT2D eigenvalue weighted by atomic mass is 10.1. The van der Waals surface area contributed by atoms with Gasteiger partial charge in [0.2, 0.25) is 5.91 Å². The molecule has 1 heterocycles. The van der Waals surface area contributed by atoms with Crippen LogP contribution >= 0.6 is 0 Å². The molecule has 0 aliphatic carbocycles. The Hall–Kier alpha value is -3.15. The Morgan fingerprint density at radius 3 is 2.57 bits per heavy atom. The first-order chi connectivity index (χ1) is 13.5. The third kappa shape index (κ3) is 4.57. The number of nitrogens with zero attached hydrogens (tertiary/aromatic N) is 2. The number of rotatable bonds is 7. The van der Waals surface area contributed by atoms with Crippen LogP contribution in [0.2, 0.25) is 0 Å². The van der Waals surface area contributed by atoms with Gasteiger partial charge in [-0.1, -0.05) is 44.2 Å². The molecule has 0 unspecified atom stereocenters. The fraction of sp³-hybridized carbons (Fsp3) is 0.318. The lowest BCUT2D eigenvalue weighted by molar-refractivity contribution is -0.116. The summed E-state index contributed by atoms with van der Waals surface area (Å²) >= 11 is 0. The van der Waals surface area contributed by atoms with Crippen molar-refractivity contribution in [2.75, 3.05) is 17.2 Å². The molecule has 1 amide bonds. The number of benzene rings is 2. The topological polar surface area (TPSA) is 76.0 Å². The van der Waals surface area contributed by atoms with Gasteiger partial charge < -0.3 is 10.6 Å². The molecule has 0 atom stereocenters. The van der Waals surface area contributed by atoms with Crippen molar-refractivity contribution in [2.24, 2.45) is 5.92 Å². The maximum atomic E-state index is 12.6. The van der Waals surface area contributed by atoms with Crippen molar-refractivity contribution in [1.82, 2.24) is 9.55 Å². The summed E-state index contributed by atoms with van der Waals surface area (Å²) in [4.78, 5) is 29.4. The van der Waals surface area contributed by atoms with E-state index in [0.29, 0.717) is 17.3 Å². The van der Waals surface area contributed by atoms with Gasteiger partial charge in [-0.3, -0.25) is 9.36 Å². The van der Waals surface area contributed by atoms with E-state index in [1.165, 1.54) is 4.57 Å². The van der Waals surface area contributed by atoms with Gasteiger partial charge in [-0.25, -0.2) is 4.79 Å². The van der Waals surface area contributed by atoms with E-state index < -0.39 is 5.69 Å². The standard InChI is InChI=1S/C22H26N4O2/c1-15(2)12-13-23-21-17-9-5-7-11-19(17)26(22(28)25-21)14-20(27)24-18-10-6-4-8-16(18)3/h4-11,15H,12-14H2,1-3H3,(H,24,27)(H,23,25,28).